The van der Waals surface area contributed by atoms with Crippen LogP contribution in [0.2, 0.25) is 0 Å². The lowest BCUT2D eigenvalue weighted by Crippen LogP contribution is -2.35. The van der Waals surface area contributed by atoms with Crippen molar-refractivity contribution < 1.29 is 24.2 Å². The molecular formula is C31H32N2O5. The van der Waals surface area contributed by atoms with Gasteiger partial charge in [0, 0.05) is 18.7 Å². The highest BCUT2D eigenvalue weighted by molar-refractivity contribution is 6.46. The zero-order valence-corrected chi connectivity index (χ0v) is 21.9. The minimum Gasteiger partial charge on any atom is -0.507 e. The quantitative estimate of drug-likeness (QED) is 0.171. The number of aliphatic hydroxyl groups excluding tert-OH is 1. The third-order valence-corrected chi connectivity index (χ3v) is 6.30. The first kappa shape index (κ1) is 26.7. The van der Waals surface area contributed by atoms with E-state index in [4.69, 9.17) is 9.47 Å². The molecule has 3 aromatic carbocycles. The monoisotopic (exact) mass is 512 g/mol. The Labute approximate surface area is 223 Å². The molecule has 1 heterocycles. The first-order valence-corrected chi connectivity index (χ1v) is 12.4. The van der Waals surface area contributed by atoms with E-state index in [0.29, 0.717) is 53.6 Å². The van der Waals surface area contributed by atoms with Gasteiger partial charge in [-0.25, -0.2) is 0 Å². The number of rotatable bonds is 10. The number of hydrogen-bond donors (Lipinski definition) is 1. The molecule has 3 aromatic rings. The molecule has 0 aromatic heterocycles. The Hall–Kier alpha value is -4.36. The minimum atomic E-state index is -0.773. The molecule has 1 N–H and O–H groups in total. The summed E-state index contributed by atoms with van der Waals surface area (Å²) in [5.74, 6) is 0.270. The topological polar surface area (TPSA) is 79.3 Å². The van der Waals surface area contributed by atoms with E-state index in [2.05, 4.69) is 6.58 Å². The van der Waals surface area contributed by atoms with Crippen LogP contribution in [-0.4, -0.2) is 60.4 Å². The highest BCUT2D eigenvalue weighted by Crippen LogP contribution is 2.41. The number of nitrogens with zero attached hydrogens (tertiary/aromatic N) is 2. The van der Waals surface area contributed by atoms with Crippen LogP contribution in [0, 0.1) is 6.92 Å². The van der Waals surface area contributed by atoms with Crippen molar-refractivity contribution in [1.29, 1.82) is 0 Å². The van der Waals surface area contributed by atoms with Crippen LogP contribution < -0.4 is 9.47 Å². The lowest BCUT2D eigenvalue weighted by molar-refractivity contribution is -0.140. The van der Waals surface area contributed by atoms with E-state index < -0.39 is 17.7 Å². The maximum absolute atomic E-state index is 13.4. The molecule has 1 aliphatic heterocycles. The van der Waals surface area contributed by atoms with Crippen molar-refractivity contribution in [2.45, 2.75) is 13.0 Å². The van der Waals surface area contributed by atoms with Gasteiger partial charge >= 0.3 is 0 Å². The van der Waals surface area contributed by atoms with E-state index in [0.717, 1.165) is 0 Å². The van der Waals surface area contributed by atoms with Crippen molar-refractivity contribution >= 4 is 17.4 Å². The van der Waals surface area contributed by atoms with Gasteiger partial charge < -0.3 is 24.4 Å². The third-order valence-electron chi connectivity index (χ3n) is 6.30. The van der Waals surface area contributed by atoms with Crippen molar-refractivity contribution in [2.24, 2.45) is 0 Å². The Bertz CT molecular complexity index is 1360. The molecule has 0 spiro atoms. The van der Waals surface area contributed by atoms with Crippen molar-refractivity contribution in [2.75, 3.05) is 33.8 Å². The van der Waals surface area contributed by atoms with Gasteiger partial charge in [-0.3, -0.25) is 9.59 Å². The third kappa shape index (κ3) is 5.79. The summed E-state index contributed by atoms with van der Waals surface area (Å²) in [4.78, 5) is 30.1. The van der Waals surface area contributed by atoms with Gasteiger partial charge in [-0.05, 0) is 74.6 Å². The zero-order valence-electron chi connectivity index (χ0n) is 21.9. The summed E-state index contributed by atoms with van der Waals surface area (Å²) in [6.07, 6.45) is 1.65. The second-order valence-electron chi connectivity index (χ2n) is 9.36. The molecule has 0 bridgehead atoms. The number of carbonyl (C=O) groups excluding carboxylic acids is 2. The molecule has 1 atom stereocenters. The number of Topliss-reactive ketones (excluding diaryl/α,β-unsaturated/α-hetero) is 1. The Balaban J connectivity index is 1.79. The van der Waals surface area contributed by atoms with Crippen LogP contribution in [0.4, 0.5) is 0 Å². The smallest absolute Gasteiger partial charge is 0.295 e. The van der Waals surface area contributed by atoms with Crippen LogP contribution in [-0.2, 0) is 9.59 Å². The number of amides is 1. The number of carbonyl (C=O) groups is 2. The zero-order chi connectivity index (χ0) is 27.2. The fourth-order valence-electron chi connectivity index (χ4n) is 4.43. The number of aryl methyl sites for hydroxylation is 1. The first-order chi connectivity index (χ1) is 18.3. The fourth-order valence-corrected chi connectivity index (χ4v) is 4.43. The molecule has 38 heavy (non-hydrogen) atoms. The second kappa shape index (κ2) is 11.8. The highest BCUT2D eigenvalue weighted by atomic mass is 16.5. The van der Waals surface area contributed by atoms with Gasteiger partial charge in [0.15, 0.2) is 0 Å². The second-order valence-corrected chi connectivity index (χ2v) is 9.36. The molecule has 196 valence electrons. The highest BCUT2D eigenvalue weighted by Gasteiger charge is 2.46. The average molecular weight is 513 g/mol. The molecular weight excluding hydrogens is 480 g/mol. The van der Waals surface area contributed by atoms with E-state index in [1.54, 1.807) is 30.3 Å². The van der Waals surface area contributed by atoms with Crippen LogP contribution in [0.1, 0.15) is 22.7 Å². The maximum Gasteiger partial charge on any atom is 0.295 e. The van der Waals surface area contributed by atoms with Crippen LogP contribution in [0.15, 0.2) is 91.0 Å². The van der Waals surface area contributed by atoms with Crippen molar-refractivity contribution in [3.63, 3.8) is 0 Å². The summed E-state index contributed by atoms with van der Waals surface area (Å²) in [6.45, 7) is 6.69. The Morgan fingerprint density at radius 3 is 2.42 bits per heavy atom. The van der Waals surface area contributed by atoms with Crippen molar-refractivity contribution in [1.82, 2.24) is 9.80 Å². The van der Waals surface area contributed by atoms with Gasteiger partial charge in [-0.2, -0.15) is 0 Å². The minimum absolute atomic E-state index is 0.0495. The molecule has 1 fully saturated rings. The SMILES string of the molecule is C=CCOc1ccc(/C(O)=C2/C(=O)C(=O)N(CCN(C)C)C2c2cccc(Oc3ccccc3)c2)c(C)c1. The molecule has 0 radical (unpaired) electrons. The van der Waals surface area contributed by atoms with Gasteiger partial charge in [0.05, 0.1) is 11.6 Å². The molecule has 1 unspecified atom stereocenters. The van der Waals surface area contributed by atoms with E-state index in [1.807, 2.05) is 74.4 Å². The van der Waals surface area contributed by atoms with Crippen molar-refractivity contribution in [3.05, 3.63) is 108 Å². The number of likely N-dealkylation sites (tertiary alicyclic amines) is 1. The van der Waals surface area contributed by atoms with Gasteiger partial charge in [-0.15, -0.1) is 0 Å². The summed E-state index contributed by atoms with van der Waals surface area (Å²) in [6, 6.07) is 21.1. The summed E-state index contributed by atoms with van der Waals surface area (Å²) >= 11 is 0. The summed E-state index contributed by atoms with van der Waals surface area (Å²) in [7, 11) is 3.80. The molecule has 1 saturated heterocycles. The summed E-state index contributed by atoms with van der Waals surface area (Å²) in [5, 5.41) is 11.5. The molecule has 7 heteroatoms. The number of para-hydroxylation sites is 1. The molecule has 1 aliphatic rings. The predicted octanol–water partition coefficient (Wildman–Crippen LogP) is 5.34. The van der Waals surface area contributed by atoms with Crippen LogP contribution >= 0.6 is 0 Å². The van der Waals surface area contributed by atoms with Gasteiger partial charge in [0.1, 0.15) is 29.6 Å². The van der Waals surface area contributed by atoms with Crippen LogP contribution in [0.3, 0.4) is 0 Å². The molecule has 0 saturated carbocycles. The number of benzene rings is 3. The van der Waals surface area contributed by atoms with Gasteiger partial charge in [0.25, 0.3) is 11.7 Å². The number of hydrogen-bond acceptors (Lipinski definition) is 6. The molecule has 7 nitrogen and oxygen atoms in total. The summed E-state index contributed by atoms with van der Waals surface area (Å²) in [5.41, 5.74) is 1.89. The van der Waals surface area contributed by atoms with Gasteiger partial charge in [-0.1, -0.05) is 43.0 Å². The number of ketones is 1. The normalized spacial score (nSPS) is 16.6. The number of aliphatic hydroxyl groups is 1. The fraction of sp³-hybridized carbons (Fsp3) is 0.226. The number of ether oxygens (including phenoxy) is 2. The number of likely N-dealkylation sites (N-methyl/N-ethyl adjacent to an activating group) is 1. The maximum atomic E-state index is 13.4. The lowest BCUT2D eigenvalue weighted by atomic mass is 9.93. The standard InChI is InChI=1S/C31H32N2O5/c1-5-18-37-24-14-15-26(21(2)19-24)29(34)27-28(33(17-16-32(3)4)31(36)30(27)35)22-10-9-13-25(20-22)38-23-11-7-6-8-12-23/h5-15,19-20,28,34H,1,16-18H2,2-4H3/b29-27-. The van der Waals surface area contributed by atoms with Crippen LogP contribution in [0.5, 0.6) is 17.2 Å². The summed E-state index contributed by atoms with van der Waals surface area (Å²) < 4.78 is 11.6. The first-order valence-electron chi connectivity index (χ1n) is 12.4. The Morgan fingerprint density at radius 2 is 1.74 bits per heavy atom. The largest absolute Gasteiger partial charge is 0.507 e. The van der Waals surface area contributed by atoms with Crippen molar-refractivity contribution in [3.8, 4) is 17.2 Å². The molecule has 4 rings (SSSR count). The average Bonchev–Trinajstić information content (AvgIpc) is 3.16. The van der Waals surface area contributed by atoms with E-state index >= 15 is 0 Å². The van der Waals surface area contributed by atoms with Crippen LogP contribution in [0.25, 0.3) is 5.76 Å². The van der Waals surface area contributed by atoms with E-state index in [9.17, 15) is 14.7 Å². The van der Waals surface area contributed by atoms with Gasteiger partial charge in [0.2, 0.25) is 0 Å². The molecule has 1 amide bonds. The Morgan fingerprint density at radius 1 is 1.00 bits per heavy atom. The predicted molar refractivity (Wildman–Crippen MR) is 147 cm³/mol. The van der Waals surface area contributed by atoms with E-state index in [1.165, 1.54) is 4.90 Å². The Kier molecular flexibility index (Phi) is 8.28. The molecule has 0 aliphatic carbocycles. The van der Waals surface area contributed by atoms with E-state index in [-0.39, 0.29) is 11.3 Å². The lowest BCUT2D eigenvalue weighted by Gasteiger charge is -2.27.